The van der Waals surface area contributed by atoms with E-state index in [1.54, 1.807) is 30.5 Å². The zero-order valence-corrected chi connectivity index (χ0v) is 14.4. The maximum absolute atomic E-state index is 9.06. The van der Waals surface area contributed by atoms with Gasteiger partial charge in [0, 0.05) is 43.2 Å². The number of hydrogen-bond donors (Lipinski definition) is 1. The number of pyridine rings is 1. The molecule has 0 amide bonds. The molecular formula is C20H15N7. The van der Waals surface area contributed by atoms with Crippen LogP contribution in [0.4, 0.5) is 17.5 Å². The number of nitrogens with one attached hydrogen (secondary N) is 1. The minimum atomic E-state index is 0.516. The molecule has 1 aromatic carbocycles. The summed E-state index contributed by atoms with van der Waals surface area (Å²) in [5, 5.41) is 21.2. The van der Waals surface area contributed by atoms with E-state index in [0.717, 1.165) is 35.7 Å². The summed E-state index contributed by atoms with van der Waals surface area (Å²) in [6.45, 7) is 1.43. The van der Waals surface area contributed by atoms with Crippen molar-refractivity contribution in [3.8, 4) is 12.1 Å². The van der Waals surface area contributed by atoms with E-state index in [4.69, 9.17) is 10.5 Å². The first-order valence-electron chi connectivity index (χ1n) is 8.48. The van der Waals surface area contributed by atoms with E-state index < -0.39 is 0 Å². The van der Waals surface area contributed by atoms with Crippen LogP contribution in [0.3, 0.4) is 0 Å². The van der Waals surface area contributed by atoms with Gasteiger partial charge in [-0.2, -0.15) is 10.5 Å². The number of fused-ring (bicyclic) bond motifs is 1. The summed E-state index contributed by atoms with van der Waals surface area (Å²) in [5.41, 5.74) is 4.00. The van der Waals surface area contributed by atoms with Crippen LogP contribution < -0.4 is 10.2 Å². The van der Waals surface area contributed by atoms with Crippen LogP contribution in [-0.2, 0) is 13.0 Å². The second-order valence-corrected chi connectivity index (χ2v) is 6.17. The summed E-state index contributed by atoms with van der Waals surface area (Å²) < 4.78 is 0. The topological polar surface area (TPSA) is 102 Å². The minimum absolute atomic E-state index is 0.516. The number of nitriles is 2. The predicted molar refractivity (Wildman–Crippen MR) is 100 cm³/mol. The van der Waals surface area contributed by atoms with E-state index in [0.29, 0.717) is 23.6 Å². The first-order chi connectivity index (χ1) is 13.2. The lowest BCUT2D eigenvalue weighted by molar-refractivity contribution is 0.698. The molecule has 2 aromatic heterocycles. The van der Waals surface area contributed by atoms with Crippen LogP contribution in [0, 0.1) is 22.7 Å². The summed E-state index contributed by atoms with van der Waals surface area (Å²) in [4.78, 5) is 15.5. The van der Waals surface area contributed by atoms with Gasteiger partial charge in [0.25, 0.3) is 0 Å². The fourth-order valence-corrected chi connectivity index (χ4v) is 3.03. The number of hydrogen-bond acceptors (Lipinski definition) is 7. The minimum Gasteiger partial charge on any atom is -0.352 e. The average Bonchev–Trinajstić information content (AvgIpc) is 2.73. The smallest absolute Gasteiger partial charge is 0.227 e. The number of rotatable bonds is 3. The molecule has 0 saturated carbocycles. The van der Waals surface area contributed by atoms with Crippen molar-refractivity contribution in [2.75, 3.05) is 16.8 Å². The van der Waals surface area contributed by atoms with Crippen molar-refractivity contribution in [1.29, 1.82) is 10.5 Å². The molecule has 7 nitrogen and oxygen atoms in total. The Bertz CT molecular complexity index is 1080. The van der Waals surface area contributed by atoms with Gasteiger partial charge in [-0.05, 0) is 30.3 Å². The molecule has 0 saturated heterocycles. The SMILES string of the molecule is N#Cc1cccc(Nc2ncc3c(n2)CCN(c2cc(C#N)ccn2)C3)c1. The van der Waals surface area contributed by atoms with Crippen molar-refractivity contribution in [1.82, 2.24) is 15.0 Å². The van der Waals surface area contributed by atoms with Crippen molar-refractivity contribution in [2.24, 2.45) is 0 Å². The summed E-state index contributed by atoms with van der Waals surface area (Å²) in [6.07, 6.45) is 4.24. The zero-order valence-electron chi connectivity index (χ0n) is 14.4. The third kappa shape index (κ3) is 3.53. The number of anilines is 3. The Kier molecular flexibility index (Phi) is 4.34. The molecule has 0 radical (unpaired) electrons. The van der Waals surface area contributed by atoms with Gasteiger partial charge in [-0.15, -0.1) is 0 Å². The Morgan fingerprint density at radius 2 is 1.89 bits per heavy atom. The Morgan fingerprint density at radius 1 is 1.04 bits per heavy atom. The summed E-state index contributed by atoms with van der Waals surface area (Å²) in [7, 11) is 0. The molecule has 0 spiro atoms. The van der Waals surface area contributed by atoms with Gasteiger partial charge < -0.3 is 10.2 Å². The molecule has 0 aliphatic carbocycles. The summed E-state index contributed by atoms with van der Waals surface area (Å²) in [5.74, 6) is 1.30. The van der Waals surface area contributed by atoms with Crippen molar-refractivity contribution in [3.05, 3.63) is 71.2 Å². The van der Waals surface area contributed by atoms with E-state index in [1.165, 1.54) is 0 Å². The van der Waals surface area contributed by atoms with Gasteiger partial charge in [0.2, 0.25) is 5.95 Å². The van der Waals surface area contributed by atoms with E-state index in [2.05, 4.69) is 37.3 Å². The van der Waals surface area contributed by atoms with Crippen LogP contribution >= 0.6 is 0 Å². The average molecular weight is 353 g/mol. The molecule has 7 heteroatoms. The second-order valence-electron chi connectivity index (χ2n) is 6.17. The summed E-state index contributed by atoms with van der Waals surface area (Å²) >= 11 is 0. The van der Waals surface area contributed by atoms with Gasteiger partial charge in [0.1, 0.15) is 5.82 Å². The maximum Gasteiger partial charge on any atom is 0.227 e. The highest BCUT2D eigenvalue weighted by Gasteiger charge is 2.20. The molecule has 130 valence electrons. The lowest BCUT2D eigenvalue weighted by Crippen LogP contribution is -2.32. The van der Waals surface area contributed by atoms with E-state index in [1.807, 2.05) is 18.3 Å². The molecule has 27 heavy (non-hydrogen) atoms. The zero-order chi connectivity index (χ0) is 18.6. The quantitative estimate of drug-likeness (QED) is 0.772. The predicted octanol–water partition coefficient (Wildman–Crippen LogP) is 2.92. The third-order valence-corrected chi connectivity index (χ3v) is 4.38. The molecule has 3 aromatic rings. The van der Waals surface area contributed by atoms with Gasteiger partial charge in [-0.25, -0.2) is 15.0 Å². The van der Waals surface area contributed by atoms with Gasteiger partial charge in [0.05, 0.1) is 29.0 Å². The Balaban J connectivity index is 1.53. The second kappa shape index (κ2) is 7.11. The molecule has 0 bridgehead atoms. The Hall–Kier alpha value is -3.97. The molecule has 3 heterocycles. The lowest BCUT2D eigenvalue weighted by atomic mass is 10.1. The fraction of sp³-hybridized carbons (Fsp3) is 0.150. The lowest BCUT2D eigenvalue weighted by Gasteiger charge is -2.29. The van der Waals surface area contributed by atoms with Crippen LogP contribution in [0.2, 0.25) is 0 Å². The van der Waals surface area contributed by atoms with Crippen LogP contribution in [0.5, 0.6) is 0 Å². The molecule has 1 N–H and O–H groups in total. The first kappa shape index (κ1) is 16.5. The molecule has 1 aliphatic rings. The molecule has 0 unspecified atom stereocenters. The van der Waals surface area contributed by atoms with Crippen molar-refractivity contribution >= 4 is 17.5 Å². The number of nitrogens with zero attached hydrogens (tertiary/aromatic N) is 6. The third-order valence-electron chi connectivity index (χ3n) is 4.38. The van der Waals surface area contributed by atoms with Crippen LogP contribution in [0.25, 0.3) is 0 Å². The highest BCUT2D eigenvalue weighted by molar-refractivity contribution is 5.56. The van der Waals surface area contributed by atoms with Crippen molar-refractivity contribution in [3.63, 3.8) is 0 Å². The molecule has 0 fully saturated rings. The van der Waals surface area contributed by atoms with Crippen molar-refractivity contribution < 1.29 is 0 Å². The van der Waals surface area contributed by atoms with Gasteiger partial charge in [-0.1, -0.05) is 6.07 Å². The maximum atomic E-state index is 9.06. The number of aromatic nitrogens is 3. The van der Waals surface area contributed by atoms with E-state index in [-0.39, 0.29) is 0 Å². The monoisotopic (exact) mass is 353 g/mol. The highest BCUT2D eigenvalue weighted by Crippen LogP contribution is 2.23. The standard InChI is InChI=1S/C20H15N7/c21-10-14-2-1-3-17(8-14)25-20-24-12-16-13-27(7-5-18(16)26-20)19-9-15(11-22)4-6-23-19/h1-4,6,8-9,12H,5,7,13H2,(H,24,25,26). The van der Waals surface area contributed by atoms with Gasteiger partial charge >= 0.3 is 0 Å². The number of benzene rings is 1. The molecular weight excluding hydrogens is 338 g/mol. The largest absolute Gasteiger partial charge is 0.352 e. The Morgan fingerprint density at radius 3 is 2.74 bits per heavy atom. The van der Waals surface area contributed by atoms with E-state index in [9.17, 15) is 0 Å². The highest BCUT2D eigenvalue weighted by atomic mass is 15.2. The molecule has 0 atom stereocenters. The normalized spacial score (nSPS) is 12.6. The summed E-state index contributed by atoms with van der Waals surface area (Å²) in [6, 6.07) is 15.0. The van der Waals surface area contributed by atoms with Crippen LogP contribution in [0.15, 0.2) is 48.8 Å². The van der Waals surface area contributed by atoms with E-state index >= 15 is 0 Å². The van der Waals surface area contributed by atoms with Crippen molar-refractivity contribution in [2.45, 2.75) is 13.0 Å². The van der Waals surface area contributed by atoms with Gasteiger partial charge in [0.15, 0.2) is 0 Å². The first-order valence-corrected chi connectivity index (χ1v) is 8.48. The van der Waals surface area contributed by atoms with Crippen LogP contribution in [-0.4, -0.2) is 21.5 Å². The van der Waals surface area contributed by atoms with Crippen LogP contribution in [0.1, 0.15) is 22.4 Å². The Labute approximate surface area is 156 Å². The fourth-order valence-electron chi connectivity index (χ4n) is 3.03. The molecule has 4 rings (SSSR count). The molecule has 1 aliphatic heterocycles. The van der Waals surface area contributed by atoms with Gasteiger partial charge in [-0.3, -0.25) is 0 Å².